The topological polar surface area (TPSA) is 74.6 Å². The summed E-state index contributed by atoms with van der Waals surface area (Å²) in [6.07, 6.45) is 3.45. The standard InChI is InChI=1S/C22H24N6O/c1-27(2)13-11-23-22(29)18-17-10-6-7-12-28(17)21-19(18)20(25-15-26-21)24-14-16-8-4-3-5-9-16/h3-10,12,15H,11,13-14H2,1-2H3,(H,23,29)(H,24,25,26). The van der Waals surface area contributed by atoms with E-state index in [1.54, 1.807) is 0 Å². The van der Waals surface area contributed by atoms with Crippen molar-refractivity contribution in [3.05, 3.63) is 72.2 Å². The maximum Gasteiger partial charge on any atom is 0.254 e. The number of rotatable bonds is 7. The second kappa shape index (κ2) is 8.28. The Kier molecular flexibility index (Phi) is 5.39. The minimum Gasteiger partial charge on any atom is -0.365 e. The molecule has 29 heavy (non-hydrogen) atoms. The predicted molar refractivity (Wildman–Crippen MR) is 115 cm³/mol. The van der Waals surface area contributed by atoms with Crippen LogP contribution in [0.5, 0.6) is 0 Å². The van der Waals surface area contributed by atoms with E-state index in [9.17, 15) is 4.79 Å². The molecule has 1 aromatic carbocycles. The molecule has 4 aromatic rings. The van der Waals surface area contributed by atoms with Crippen molar-refractivity contribution in [2.75, 3.05) is 32.5 Å². The zero-order chi connectivity index (χ0) is 20.2. The number of hydrogen-bond acceptors (Lipinski definition) is 5. The number of nitrogens with zero attached hydrogens (tertiary/aromatic N) is 4. The van der Waals surface area contributed by atoms with Crippen LogP contribution in [0.25, 0.3) is 16.6 Å². The third-order valence-corrected chi connectivity index (χ3v) is 4.80. The van der Waals surface area contributed by atoms with Crippen LogP contribution in [0.1, 0.15) is 15.9 Å². The van der Waals surface area contributed by atoms with E-state index in [4.69, 9.17) is 0 Å². The Bertz CT molecular complexity index is 1140. The predicted octanol–water partition coefficient (Wildman–Crippen LogP) is 2.79. The summed E-state index contributed by atoms with van der Waals surface area (Å²) in [6, 6.07) is 15.9. The molecule has 2 N–H and O–H groups in total. The van der Waals surface area contributed by atoms with Gasteiger partial charge in [0.1, 0.15) is 12.1 Å². The molecule has 0 bridgehead atoms. The molecule has 148 valence electrons. The van der Waals surface area contributed by atoms with Crippen LogP contribution in [0.4, 0.5) is 5.82 Å². The summed E-state index contributed by atoms with van der Waals surface area (Å²) in [5, 5.41) is 7.14. The highest BCUT2D eigenvalue weighted by Crippen LogP contribution is 2.30. The Morgan fingerprint density at radius 2 is 1.86 bits per heavy atom. The fraction of sp³-hybridized carbons (Fsp3) is 0.227. The number of anilines is 1. The zero-order valence-electron chi connectivity index (χ0n) is 16.6. The number of benzene rings is 1. The summed E-state index contributed by atoms with van der Waals surface area (Å²) in [6.45, 7) is 1.95. The van der Waals surface area contributed by atoms with E-state index in [1.807, 2.05) is 66.0 Å². The normalized spacial score (nSPS) is 11.3. The lowest BCUT2D eigenvalue weighted by Crippen LogP contribution is -2.31. The molecule has 0 fully saturated rings. The quantitative estimate of drug-likeness (QED) is 0.509. The molecule has 0 unspecified atom stereocenters. The van der Waals surface area contributed by atoms with E-state index >= 15 is 0 Å². The van der Waals surface area contributed by atoms with Crippen molar-refractivity contribution in [1.29, 1.82) is 0 Å². The van der Waals surface area contributed by atoms with E-state index < -0.39 is 0 Å². The Hall–Kier alpha value is -3.45. The summed E-state index contributed by atoms with van der Waals surface area (Å²) < 4.78 is 1.94. The van der Waals surface area contributed by atoms with Gasteiger partial charge in [-0.25, -0.2) is 9.97 Å². The van der Waals surface area contributed by atoms with Gasteiger partial charge in [-0.2, -0.15) is 0 Å². The van der Waals surface area contributed by atoms with Gasteiger partial charge in [0.25, 0.3) is 5.91 Å². The van der Waals surface area contributed by atoms with Crippen molar-refractivity contribution in [2.45, 2.75) is 6.54 Å². The smallest absolute Gasteiger partial charge is 0.254 e. The fourth-order valence-electron chi connectivity index (χ4n) is 3.38. The third-order valence-electron chi connectivity index (χ3n) is 4.80. The molecule has 0 aliphatic carbocycles. The van der Waals surface area contributed by atoms with E-state index in [-0.39, 0.29) is 5.91 Å². The number of carbonyl (C=O) groups excluding carboxylic acids is 1. The second-order valence-corrected chi connectivity index (χ2v) is 7.15. The molecule has 4 rings (SSSR count). The van der Waals surface area contributed by atoms with Gasteiger partial charge in [0.05, 0.1) is 16.5 Å². The van der Waals surface area contributed by atoms with Gasteiger partial charge in [0, 0.05) is 25.8 Å². The number of likely N-dealkylation sites (N-methyl/N-ethyl adjacent to an activating group) is 1. The number of amides is 1. The van der Waals surface area contributed by atoms with Crippen molar-refractivity contribution in [3.8, 4) is 0 Å². The van der Waals surface area contributed by atoms with Gasteiger partial charge in [-0.1, -0.05) is 36.4 Å². The first kappa shape index (κ1) is 18.9. The highest BCUT2D eigenvalue weighted by molar-refractivity contribution is 6.16. The molecular formula is C22H24N6O. The fourth-order valence-corrected chi connectivity index (χ4v) is 3.38. The Morgan fingerprint density at radius 3 is 2.66 bits per heavy atom. The molecule has 3 aromatic heterocycles. The zero-order valence-corrected chi connectivity index (χ0v) is 16.6. The number of pyridine rings is 1. The molecule has 1 amide bonds. The maximum absolute atomic E-state index is 13.1. The number of hydrogen-bond donors (Lipinski definition) is 2. The first-order valence-corrected chi connectivity index (χ1v) is 9.59. The van der Waals surface area contributed by atoms with Gasteiger partial charge in [0.2, 0.25) is 0 Å². The average Bonchev–Trinajstić information content (AvgIpc) is 3.08. The number of aromatic nitrogens is 3. The minimum atomic E-state index is -0.122. The number of fused-ring (bicyclic) bond motifs is 3. The number of nitrogens with one attached hydrogen (secondary N) is 2. The van der Waals surface area contributed by atoms with E-state index in [1.165, 1.54) is 6.33 Å². The molecule has 0 saturated heterocycles. The lowest BCUT2D eigenvalue weighted by molar-refractivity contribution is 0.0954. The molecular weight excluding hydrogens is 364 g/mol. The van der Waals surface area contributed by atoms with E-state index in [0.29, 0.717) is 30.1 Å². The Balaban J connectivity index is 1.76. The largest absolute Gasteiger partial charge is 0.365 e. The first-order valence-electron chi connectivity index (χ1n) is 9.59. The van der Waals surface area contributed by atoms with Crippen LogP contribution in [0.3, 0.4) is 0 Å². The van der Waals surface area contributed by atoms with Crippen LogP contribution < -0.4 is 10.6 Å². The average molecular weight is 388 g/mol. The summed E-state index contributed by atoms with van der Waals surface area (Å²) in [5.41, 5.74) is 3.26. The van der Waals surface area contributed by atoms with Crippen molar-refractivity contribution in [1.82, 2.24) is 24.6 Å². The van der Waals surface area contributed by atoms with Crippen LogP contribution in [-0.2, 0) is 6.54 Å². The van der Waals surface area contributed by atoms with Gasteiger partial charge in [-0.3, -0.25) is 4.79 Å². The Morgan fingerprint density at radius 1 is 1.07 bits per heavy atom. The van der Waals surface area contributed by atoms with Gasteiger partial charge in [-0.05, 0) is 31.8 Å². The lowest BCUT2D eigenvalue weighted by Gasteiger charge is -2.11. The van der Waals surface area contributed by atoms with Crippen LogP contribution in [0.2, 0.25) is 0 Å². The molecule has 3 heterocycles. The van der Waals surface area contributed by atoms with Crippen LogP contribution >= 0.6 is 0 Å². The molecule has 0 aliphatic heterocycles. The van der Waals surface area contributed by atoms with Gasteiger partial charge >= 0.3 is 0 Å². The molecule has 7 heteroatoms. The third kappa shape index (κ3) is 3.90. The van der Waals surface area contributed by atoms with E-state index in [2.05, 4.69) is 32.7 Å². The van der Waals surface area contributed by atoms with Crippen molar-refractivity contribution in [3.63, 3.8) is 0 Å². The van der Waals surface area contributed by atoms with E-state index in [0.717, 1.165) is 23.0 Å². The molecule has 0 atom stereocenters. The highest BCUT2D eigenvalue weighted by Gasteiger charge is 2.22. The molecule has 0 aliphatic rings. The molecule has 0 radical (unpaired) electrons. The minimum absolute atomic E-state index is 0.122. The SMILES string of the molecule is CN(C)CCNC(=O)c1c2c(NCc3ccccc3)ncnc2n2ccccc12. The molecule has 0 spiro atoms. The second-order valence-electron chi connectivity index (χ2n) is 7.15. The first-order chi connectivity index (χ1) is 14.1. The van der Waals surface area contributed by atoms with Gasteiger partial charge < -0.3 is 19.9 Å². The monoisotopic (exact) mass is 388 g/mol. The summed E-state index contributed by atoms with van der Waals surface area (Å²) in [4.78, 5) is 24.1. The lowest BCUT2D eigenvalue weighted by atomic mass is 10.1. The summed E-state index contributed by atoms with van der Waals surface area (Å²) in [7, 11) is 3.96. The van der Waals surface area contributed by atoms with Crippen molar-refractivity contribution in [2.24, 2.45) is 0 Å². The summed E-state index contributed by atoms with van der Waals surface area (Å²) >= 11 is 0. The molecule has 0 saturated carbocycles. The number of carbonyl (C=O) groups is 1. The maximum atomic E-state index is 13.1. The van der Waals surface area contributed by atoms with Crippen LogP contribution in [-0.4, -0.2) is 52.4 Å². The summed E-state index contributed by atoms with van der Waals surface area (Å²) in [5.74, 6) is 0.531. The van der Waals surface area contributed by atoms with Gasteiger partial charge in [-0.15, -0.1) is 0 Å². The van der Waals surface area contributed by atoms with Crippen LogP contribution in [0, 0.1) is 0 Å². The van der Waals surface area contributed by atoms with Gasteiger partial charge in [0.15, 0.2) is 5.65 Å². The Labute approximate surface area is 169 Å². The molecule has 7 nitrogen and oxygen atoms in total. The van der Waals surface area contributed by atoms with Crippen LogP contribution in [0.15, 0.2) is 61.1 Å². The highest BCUT2D eigenvalue weighted by atomic mass is 16.1. The van der Waals surface area contributed by atoms with Crippen molar-refractivity contribution < 1.29 is 4.79 Å². The van der Waals surface area contributed by atoms with Crippen molar-refractivity contribution >= 4 is 28.3 Å².